The maximum atomic E-state index is 10.6. The molecule has 1 aliphatic heterocycles. The van der Waals surface area contributed by atoms with Crippen LogP contribution >= 0.6 is 0 Å². The van der Waals surface area contributed by atoms with Crippen LogP contribution in [0, 0.1) is 0 Å². The van der Waals surface area contributed by atoms with Crippen molar-refractivity contribution >= 4 is 5.97 Å². The molecule has 0 bridgehead atoms. The maximum Gasteiger partial charge on any atom is 0.356 e. The largest absolute Gasteiger partial charge is 0.476 e. The molecule has 82 valence electrons. The van der Waals surface area contributed by atoms with Gasteiger partial charge >= 0.3 is 5.97 Å². The Bertz CT molecular complexity index is 361. The molecule has 1 aliphatic rings. The van der Waals surface area contributed by atoms with E-state index in [1.165, 1.54) is 12.5 Å². The van der Waals surface area contributed by atoms with Crippen LogP contribution in [0.15, 0.2) is 12.5 Å². The highest BCUT2D eigenvalue weighted by Crippen LogP contribution is 2.20. The first-order valence-electron chi connectivity index (χ1n) is 5.05. The number of ether oxygens (including phenoxy) is 1. The van der Waals surface area contributed by atoms with E-state index in [-0.39, 0.29) is 11.8 Å². The van der Waals surface area contributed by atoms with Gasteiger partial charge in [0.2, 0.25) is 0 Å². The lowest BCUT2D eigenvalue weighted by atomic mass is 10.2. The Balaban J connectivity index is 1.96. The SMILES string of the molecule is CC1CCC(Cn2cnc(C(=O)O)c2)O1. The summed E-state index contributed by atoms with van der Waals surface area (Å²) >= 11 is 0. The first-order chi connectivity index (χ1) is 7.15. The molecule has 2 atom stereocenters. The lowest BCUT2D eigenvalue weighted by molar-refractivity contribution is 0.0457. The van der Waals surface area contributed by atoms with Gasteiger partial charge in [-0.3, -0.25) is 0 Å². The van der Waals surface area contributed by atoms with Gasteiger partial charge < -0.3 is 14.4 Å². The van der Waals surface area contributed by atoms with E-state index in [2.05, 4.69) is 11.9 Å². The molecule has 15 heavy (non-hydrogen) atoms. The van der Waals surface area contributed by atoms with E-state index < -0.39 is 5.97 Å². The van der Waals surface area contributed by atoms with Crippen LogP contribution in [0.3, 0.4) is 0 Å². The fourth-order valence-electron chi connectivity index (χ4n) is 1.83. The average Bonchev–Trinajstić information content (AvgIpc) is 2.76. The summed E-state index contributed by atoms with van der Waals surface area (Å²) in [5, 5.41) is 8.69. The van der Waals surface area contributed by atoms with E-state index in [9.17, 15) is 4.79 Å². The van der Waals surface area contributed by atoms with Gasteiger partial charge in [0.1, 0.15) is 0 Å². The predicted molar refractivity (Wildman–Crippen MR) is 52.8 cm³/mol. The second kappa shape index (κ2) is 4.02. The number of carbonyl (C=O) groups is 1. The molecule has 2 heterocycles. The summed E-state index contributed by atoms with van der Waals surface area (Å²) < 4.78 is 7.41. The molecular weight excluding hydrogens is 196 g/mol. The molecule has 2 rings (SSSR count). The van der Waals surface area contributed by atoms with E-state index in [0.717, 1.165) is 12.8 Å². The molecule has 0 radical (unpaired) electrons. The molecule has 1 aromatic heterocycles. The zero-order valence-corrected chi connectivity index (χ0v) is 8.59. The van der Waals surface area contributed by atoms with Crippen molar-refractivity contribution in [1.82, 2.24) is 9.55 Å². The highest BCUT2D eigenvalue weighted by Gasteiger charge is 2.22. The first kappa shape index (κ1) is 10.2. The number of aromatic nitrogens is 2. The minimum atomic E-state index is -0.991. The number of hydrogen-bond acceptors (Lipinski definition) is 3. The molecule has 5 nitrogen and oxygen atoms in total. The summed E-state index contributed by atoms with van der Waals surface area (Å²) in [5.41, 5.74) is 0.0843. The summed E-state index contributed by atoms with van der Waals surface area (Å²) in [6.45, 7) is 2.74. The summed E-state index contributed by atoms with van der Waals surface area (Å²) in [7, 11) is 0. The van der Waals surface area contributed by atoms with Crippen molar-refractivity contribution in [2.75, 3.05) is 0 Å². The number of aromatic carboxylic acids is 1. The molecule has 0 aromatic carbocycles. The van der Waals surface area contributed by atoms with Crippen molar-refractivity contribution < 1.29 is 14.6 Å². The molecule has 5 heteroatoms. The topological polar surface area (TPSA) is 64.4 Å². The third kappa shape index (κ3) is 2.36. The third-order valence-electron chi connectivity index (χ3n) is 2.59. The van der Waals surface area contributed by atoms with Gasteiger partial charge in [-0.1, -0.05) is 0 Å². The Kier molecular flexibility index (Phi) is 2.73. The molecule has 0 spiro atoms. The summed E-state index contributed by atoms with van der Waals surface area (Å²) in [5.74, 6) is -0.991. The second-order valence-electron chi connectivity index (χ2n) is 3.91. The molecule has 1 saturated heterocycles. The van der Waals surface area contributed by atoms with Gasteiger partial charge in [0.15, 0.2) is 5.69 Å². The Morgan fingerprint density at radius 1 is 1.73 bits per heavy atom. The molecule has 0 saturated carbocycles. The fraction of sp³-hybridized carbons (Fsp3) is 0.600. The Hall–Kier alpha value is -1.36. The number of nitrogens with zero attached hydrogens (tertiary/aromatic N) is 2. The molecular formula is C10H14N2O3. The molecule has 1 fully saturated rings. The standard InChI is InChI=1S/C10H14N2O3/c1-7-2-3-8(15-7)4-12-5-9(10(13)14)11-6-12/h5-8H,2-4H2,1H3,(H,13,14). The lowest BCUT2D eigenvalue weighted by Gasteiger charge is -2.10. The highest BCUT2D eigenvalue weighted by atomic mass is 16.5. The van der Waals surface area contributed by atoms with Crippen LogP contribution in [0.1, 0.15) is 30.3 Å². The normalized spacial score (nSPS) is 25.7. The van der Waals surface area contributed by atoms with Gasteiger partial charge in [0.05, 0.1) is 18.5 Å². The van der Waals surface area contributed by atoms with Crippen molar-refractivity contribution in [3.05, 3.63) is 18.2 Å². The van der Waals surface area contributed by atoms with Gasteiger partial charge in [-0.25, -0.2) is 9.78 Å². The van der Waals surface area contributed by atoms with Crippen molar-refractivity contribution in [2.24, 2.45) is 0 Å². The van der Waals surface area contributed by atoms with E-state index in [1.807, 2.05) is 0 Å². The minimum Gasteiger partial charge on any atom is -0.476 e. The number of carboxylic acids is 1. The molecule has 0 aliphatic carbocycles. The molecule has 1 aromatic rings. The smallest absolute Gasteiger partial charge is 0.356 e. The Labute approximate surface area is 87.7 Å². The molecule has 1 N–H and O–H groups in total. The maximum absolute atomic E-state index is 10.6. The zero-order valence-electron chi connectivity index (χ0n) is 8.59. The number of rotatable bonds is 3. The quantitative estimate of drug-likeness (QED) is 0.812. The van der Waals surface area contributed by atoms with Crippen molar-refractivity contribution in [2.45, 2.75) is 38.5 Å². The van der Waals surface area contributed by atoms with Crippen molar-refractivity contribution in [1.29, 1.82) is 0 Å². The summed E-state index contributed by atoms with van der Waals surface area (Å²) in [4.78, 5) is 14.4. The predicted octanol–water partition coefficient (Wildman–Crippen LogP) is 1.15. The second-order valence-corrected chi connectivity index (χ2v) is 3.91. The van der Waals surface area contributed by atoms with Crippen molar-refractivity contribution in [3.63, 3.8) is 0 Å². The van der Waals surface area contributed by atoms with Gasteiger partial charge in [-0.2, -0.15) is 0 Å². The lowest BCUT2D eigenvalue weighted by Crippen LogP contribution is -2.15. The van der Waals surface area contributed by atoms with Crippen LogP contribution in [0.5, 0.6) is 0 Å². The van der Waals surface area contributed by atoms with E-state index >= 15 is 0 Å². The van der Waals surface area contributed by atoms with Crippen molar-refractivity contribution in [3.8, 4) is 0 Å². The number of imidazole rings is 1. The molecule has 2 unspecified atom stereocenters. The van der Waals surface area contributed by atoms with Crippen LogP contribution in [0.25, 0.3) is 0 Å². The van der Waals surface area contributed by atoms with Crippen LogP contribution in [-0.4, -0.2) is 32.8 Å². The van der Waals surface area contributed by atoms with Gasteiger partial charge in [-0.15, -0.1) is 0 Å². The van der Waals surface area contributed by atoms with Crippen LogP contribution in [0.2, 0.25) is 0 Å². The van der Waals surface area contributed by atoms with E-state index in [1.54, 1.807) is 4.57 Å². The van der Waals surface area contributed by atoms with E-state index in [0.29, 0.717) is 12.6 Å². The van der Waals surface area contributed by atoms with Gasteiger partial charge in [-0.05, 0) is 19.8 Å². The molecule has 0 amide bonds. The highest BCUT2D eigenvalue weighted by molar-refractivity contribution is 5.84. The zero-order chi connectivity index (χ0) is 10.8. The van der Waals surface area contributed by atoms with Crippen LogP contribution in [-0.2, 0) is 11.3 Å². The van der Waals surface area contributed by atoms with Crippen LogP contribution in [0.4, 0.5) is 0 Å². The summed E-state index contributed by atoms with van der Waals surface area (Å²) in [6, 6.07) is 0. The Morgan fingerprint density at radius 2 is 2.53 bits per heavy atom. The van der Waals surface area contributed by atoms with Gasteiger partial charge in [0, 0.05) is 12.7 Å². The first-order valence-corrected chi connectivity index (χ1v) is 5.05. The Morgan fingerprint density at radius 3 is 3.07 bits per heavy atom. The average molecular weight is 210 g/mol. The number of carboxylic acid groups (broad SMARTS) is 1. The monoisotopic (exact) mass is 210 g/mol. The number of hydrogen-bond donors (Lipinski definition) is 1. The van der Waals surface area contributed by atoms with Gasteiger partial charge in [0.25, 0.3) is 0 Å². The fourth-order valence-corrected chi connectivity index (χ4v) is 1.83. The minimum absolute atomic E-state index is 0.0843. The summed E-state index contributed by atoms with van der Waals surface area (Å²) in [6.07, 6.45) is 5.69. The van der Waals surface area contributed by atoms with Crippen LogP contribution < -0.4 is 0 Å². The van der Waals surface area contributed by atoms with E-state index in [4.69, 9.17) is 9.84 Å². The third-order valence-corrected chi connectivity index (χ3v) is 2.59.